The molecule has 1 amide bonds. The van der Waals surface area contributed by atoms with Crippen molar-refractivity contribution in [2.75, 3.05) is 27.2 Å². The second-order valence-electron chi connectivity index (χ2n) is 11.4. The van der Waals surface area contributed by atoms with Crippen LogP contribution < -0.4 is 5.73 Å². The van der Waals surface area contributed by atoms with Gasteiger partial charge in [-0.15, -0.1) is 0 Å². The molecule has 4 aliphatic rings. The summed E-state index contributed by atoms with van der Waals surface area (Å²) in [6.45, 7) is 2.77. The number of carbonyl (C=O) groups excluding carboxylic acids is 3. The monoisotopic (exact) mass is 533 g/mol. The first-order valence-electron chi connectivity index (χ1n) is 13.1. The van der Waals surface area contributed by atoms with Crippen molar-refractivity contribution in [1.82, 2.24) is 9.80 Å². The lowest BCUT2D eigenvalue weighted by Crippen LogP contribution is -2.63. The zero-order chi connectivity index (χ0) is 28.0. The van der Waals surface area contributed by atoms with E-state index < -0.39 is 58.0 Å². The lowest BCUT2D eigenvalue weighted by Gasteiger charge is -2.50. The van der Waals surface area contributed by atoms with Gasteiger partial charge in [-0.05, 0) is 74.9 Å². The maximum absolute atomic E-state index is 13.9. The first-order valence-corrected chi connectivity index (χ1v) is 13.1. The molecular formula is C29H31N3O7. The number of carbonyl (C=O) groups is 3. The molecule has 0 unspecified atom stereocenters. The van der Waals surface area contributed by atoms with E-state index in [9.17, 15) is 34.8 Å². The van der Waals surface area contributed by atoms with Gasteiger partial charge in [0.25, 0.3) is 5.91 Å². The van der Waals surface area contributed by atoms with Crippen LogP contribution in [0, 0.1) is 11.8 Å². The predicted octanol–water partition coefficient (Wildman–Crippen LogP) is 1.48. The predicted molar refractivity (Wildman–Crippen MR) is 141 cm³/mol. The standard InChI is InChI=1S/C29H31N3O7/c1-31(2)22-18-11-16-10-15-9-14-5-4-13(12-32-6-3-7-32)8-17(14)23(33)19(15)24(34)20(16)26(36)29(18,39)27(37)21(25(22)35)28(30)38/h4-5,8-9,16,18,22,33,35-36,39H,3,6-7,10-12H2,1-2H3,(H2,30,38)/t16-,18-,22-,29-/m0/s1. The smallest absolute Gasteiger partial charge is 0.255 e. The minimum Gasteiger partial charge on any atom is -0.510 e. The number of rotatable bonds is 4. The number of aliphatic hydroxyl groups excluding tert-OH is 2. The van der Waals surface area contributed by atoms with Crippen LogP contribution in [0.2, 0.25) is 0 Å². The summed E-state index contributed by atoms with van der Waals surface area (Å²) in [5.74, 6) is -6.42. The minimum atomic E-state index is -2.64. The van der Waals surface area contributed by atoms with Crippen LogP contribution in [-0.4, -0.2) is 86.5 Å². The number of benzene rings is 2. The van der Waals surface area contributed by atoms with Crippen molar-refractivity contribution in [1.29, 1.82) is 0 Å². The Labute approximate surface area is 224 Å². The van der Waals surface area contributed by atoms with Gasteiger partial charge >= 0.3 is 0 Å². The number of Topliss-reactive ketones (excluding diaryl/α,β-unsaturated/α-hetero) is 2. The van der Waals surface area contributed by atoms with Crippen LogP contribution >= 0.6 is 0 Å². The van der Waals surface area contributed by atoms with E-state index in [2.05, 4.69) is 4.90 Å². The molecule has 39 heavy (non-hydrogen) atoms. The molecule has 204 valence electrons. The van der Waals surface area contributed by atoms with E-state index in [1.165, 1.54) is 4.90 Å². The fraction of sp³-hybridized carbons (Fsp3) is 0.414. The molecule has 1 fully saturated rings. The summed E-state index contributed by atoms with van der Waals surface area (Å²) < 4.78 is 0. The Kier molecular flexibility index (Phi) is 5.66. The van der Waals surface area contributed by atoms with Gasteiger partial charge in [-0.3, -0.25) is 24.2 Å². The van der Waals surface area contributed by atoms with Crippen LogP contribution in [0.4, 0.5) is 0 Å². The highest BCUT2D eigenvalue weighted by atomic mass is 16.3. The Morgan fingerprint density at radius 3 is 2.49 bits per heavy atom. The van der Waals surface area contributed by atoms with E-state index in [0.29, 0.717) is 10.9 Å². The van der Waals surface area contributed by atoms with Gasteiger partial charge < -0.3 is 26.2 Å². The van der Waals surface area contributed by atoms with Gasteiger partial charge in [0.2, 0.25) is 5.78 Å². The number of aromatic hydroxyl groups is 1. The number of primary amides is 1. The quantitative estimate of drug-likeness (QED) is 0.366. The van der Waals surface area contributed by atoms with Gasteiger partial charge in [0.05, 0.1) is 11.6 Å². The molecule has 4 atom stereocenters. The van der Waals surface area contributed by atoms with Gasteiger partial charge in [-0.1, -0.05) is 18.2 Å². The second-order valence-corrected chi connectivity index (χ2v) is 11.4. The van der Waals surface area contributed by atoms with E-state index >= 15 is 0 Å². The Hall–Kier alpha value is -3.73. The number of ketones is 2. The third-order valence-corrected chi connectivity index (χ3v) is 8.95. The number of amides is 1. The Balaban J connectivity index is 1.49. The van der Waals surface area contributed by atoms with Gasteiger partial charge in [-0.2, -0.15) is 0 Å². The lowest BCUT2D eigenvalue weighted by atomic mass is 9.58. The number of phenolic OH excluding ortho intramolecular Hbond substituents is 1. The lowest BCUT2D eigenvalue weighted by molar-refractivity contribution is -0.148. The first kappa shape index (κ1) is 25.5. The van der Waals surface area contributed by atoms with Crippen molar-refractivity contribution < 1.29 is 34.8 Å². The summed E-state index contributed by atoms with van der Waals surface area (Å²) in [5.41, 5.74) is 3.42. The molecule has 0 saturated carbocycles. The molecule has 0 radical (unpaired) electrons. The van der Waals surface area contributed by atoms with E-state index in [1.54, 1.807) is 14.1 Å². The molecule has 1 saturated heterocycles. The maximum Gasteiger partial charge on any atom is 0.255 e. The number of hydrogen-bond acceptors (Lipinski definition) is 9. The summed E-state index contributed by atoms with van der Waals surface area (Å²) in [7, 11) is 3.21. The van der Waals surface area contributed by atoms with Gasteiger partial charge in [-0.25, -0.2) is 0 Å². The van der Waals surface area contributed by atoms with Gasteiger partial charge in [0.1, 0.15) is 22.8 Å². The Morgan fingerprint density at radius 2 is 1.87 bits per heavy atom. The van der Waals surface area contributed by atoms with Crippen molar-refractivity contribution in [2.24, 2.45) is 17.6 Å². The van der Waals surface area contributed by atoms with E-state index in [1.807, 2.05) is 24.3 Å². The zero-order valence-electron chi connectivity index (χ0n) is 21.8. The van der Waals surface area contributed by atoms with Crippen molar-refractivity contribution in [3.05, 3.63) is 63.6 Å². The van der Waals surface area contributed by atoms with E-state index in [4.69, 9.17) is 5.73 Å². The molecule has 6 N–H and O–H groups in total. The average Bonchev–Trinajstić information content (AvgIpc) is 2.83. The molecule has 2 aromatic rings. The van der Waals surface area contributed by atoms with Crippen molar-refractivity contribution >= 4 is 28.2 Å². The molecular weight excluding hydrogens is 502 g/mol. The molecule has 1 aliphatic heterocycles. The van der Waals surface area contributed by atoms with Crippen LogP contribution in [0.5, 0.6) is 5.75 Å². The number of hydrogen-bond donors (Lipinski definition) is 5. The van der Waals surface area contributed by atoms with Crippen LogP contribution in [0.25, 0.3) is 10.8 Å². The van der Waals surface area contributed by atoms with Crippen LogP contribution in [-0.2, 0) is 22.6 Å². The van der Waals surface area contributed by atoms with Crippen molar-refractivity contribution in [3.63, 3.8) is 0 Å². The number of nitrogens with zero attached hydrogens (tertiary/aromatic N) is 2. The molecule has 1 heterocycles. The Bertz CT molecular complexity index is 1540. The molecule has 0 aromatic heterocycles. The fourth-order valence-electron chi connectivity index (χ4n) is 6.96. The molecule has 2 aromatic carbocycles. The Morgan fingerprint density at radius 1 is 1.15 bits per heavy atom. The number of aliphatic hydroxyl groups is 3. The number of allylic oxidation sites excluding steroid dienone is 1. The van der Waals surface area contributed by atoms with Gasteiger partial charge in [0.15, 0.2) is 11.4 Å². The summed E-state index contributed by atoms with van der Waals surface area (Å²) in [4.78, 5) is 43.2. The van der Waals surface area contributed by atoms with Crippen LogP contribution in [0.1, 0.15) is 34.3 Å². The summed E-state index contributed by atoms with van der Waals surface area (Å²) >= 11 is 0. The number of fused-ring (bicyclic) bond motifs is 4. The number of likely N-dealkylation sites (N-methyl/N-ethyl adjacent to an activating group) is 1. The highest BCUT2D eigenvalue weighted by Gasteiger charge is 2.63. The largest absolute Gasteiger partial charge is 0.510 e. The van der Waals surface area contributed by atoms with E-state index in [0.717, 1.165) is 37.0 Å². The molecule has 10 nitrogen and oxygen atoms in total. The molecule has 0 bridgehead atoms. The summed E-state index contributed by atoms with van der Waals surface area (Å²) in [6.07, 6.45) is 1.49. The highest BCUT2D eigenvalue weighted by molar-refractivity contribution is 6.25. The zero-order valence-corrected chi connectivity index (χ0v) is 21.8. The van der Waals surface area contributed by atoms with Crippen molar-refractivity contribution in [3.8, 4) is 5.75 Å². The number of nitrogens with two attached hydrogens (primary N) is 1. The normalized spacial score (nSPS) is 28.9. The second kappa shape index (κ2) is 8.64. The highest BCUT2D eigenvalue weighted by Crippen LogP contribution is 2.52. The van der Waals surface area contributed by atoms with Crippen LogP contribution in [0.3, 0.4) is 0 Å². The van der Waals surface area contributed by atoms with Crippen LogP contribution in [0.15, 0.2) is 46.9 Å². The van der Waals surface area contributed by atoms with Gasteiger partial charge in [0, 0.05) is 23.4 Å². The minimum absolute atomic E-state index is 0.0318. The first-order chi connectivity index (χ1) is 18.4. The summed E-state index contributed by atoms with van der Waals surface area (Å²) in [6, 6.07) is 6.65. The molecule has 6 rings (SSSR count). The maximum atomic E-state index is 13.9. The third-order valence-electron chi connectivity index (χ3n) is 8.95. The van der Waals surface area contributed by atoms with E-state index in [-0.39, 0.29) is 29.7 Å². The molecule has 3 aliphatic carbocycles. The number of likely N-dealkylation sites (tertiary alicyclic amines) is 1. The molecule has 10 heteroatoms. The summed E-state index contributed by atoms with van der Waals surface area (Å²) in [5, 5.41) is 46.6. The third kappa shape index (κ3) is 3.48. The number of phenols is 1. The SMILES string of the molecule is CN(C)[C@@H]1C(O)=C(C(N)=O)C(=O)[C@@]2(O)C(O)=C3C(=O)c4c(cc5ccc(CN6CCC6)cc5c4O)C[C@H]3C[C@@H]12. The fourth-order valence-corrected chi connectivity index (χ4v) is 6.96. The molecule has 0 spiro atoms. The van der Waals surface area contributed by atoms with Crippen molar-refractivity contribution in [2.45, 2.75) is 37.5 Å². The topological polar surface area (TPSA) is 165 Å². The average molecular weight is 534 g/mol.